The number of hydrogen-bond donors (Lipinski definition) is 1. The molecule has 0 aromatic carbocycles. The zero-order valence-corrected chi connectivity index (χ0v) is 11.8. The minimum absolute atomic E-state index is 0.573. The Morgan fingerprint density at radius 2 is 2.19 bits per heavy atom. The Labute approximate surface area is 102 Å². The second-order valence-electron chi connectivity index (χ2n) is 5.04. The first-order valence-electron chi connectivity index (χ1n) is 6.37. The van der Waals surface area contributed by atoms with Crippen LogP contribution in [0.5, 0.6) is 0 Å². The van der Waals surface area contributed by atoms with Gasteiger partial charge in [0.05, 0.1) is 0 Å². The summed E-state index contributed by atoms with van der Waals surface area (Å²) in [6, 6.07) is 1.16. The largest absolute Gasteiger partial charge is 0.311 e. The summed E-state index contributed by atoms with van der Waals surface area (Å²) in [6.45, 7) is 11.9. The highest BCUT2D eigenvalue weighted by Crippen LogP contribution is 2.12. The Morgan fingerprint density at radius 1 is 1.50 bits per heavy atom. The Hall–Kier alpha value is 0.0700. The molecule has 16 heavy (non-hydrogen) atoms. The lowest BCUT2D eigenvalue weighted by Crippen LogP contribution is -2.57. The van der Waals surface area contributed by atoms with Gasteiger partial charge in [0.15, 0.2) is 0 Å². The summed E-state index contributed by atoms with van der Waals surface area (Å²) in [6.07, 6.45) is 0. The third kappa shape index (κ3) is 4.15. The molecule has 3 unspecified atom stereocenters. The lowest BCUT2D eigenvalue weighted by molar-refractivity contribution is 0.131. The molecule has 96 valence electrons. The van der Waals surface area contributed by atoms with Crippen LogP contribution in [0.4, 0.5) is 0 Å². The van der Waals surface area contributed by atoms with Crippen molar-refractivity contribution in [3.05, 3.63) is 0 Å². The molecule has 0 saturated carbocycles. The van der Waals surface area contributed by atoms with Crippen molar-refractivity contribution in [2.75, 3.05) is 31.1 Å². The molecule has 0 aromatic heterocycles. The van der Waals surface area contributed by atoms with E-state index < -0.39 is 10.8 Å². The first kappa shape index (κ1) is 14.1. The average molecular weight is 246 g/mol. The summed E-state index contributed by atoms with van der Waals surface area (Å²) in [5, 5.41) is 3.58. The molecule has 1 aliphatic rings. The van der Waals surface area contributed by atoms with E-state index in [4.69, 9.17) is 0 Å². The topological polar surface area (TPSA) is 32.3 Å². The number of piperazine rings is 1. The predicted octanol–water partition coefficient (Wildman–Crippen LogP) is 1.07. The lowest BCUT2D eigenvalue weighted by atomic mass is 10.00. The van der Waals surface area contributed by atoms with Crippen molar-refractivity contribution in [3.8, 4) is 0 Å². The normalized spacial score (nSPS) is 29.6. The van der Waals surface area contributed by atoms with Gasteiger partial charge >= 0.3 is 0 Å². The summed E-state index contributed by atoms with van der Waals surface area (Å²) >= 11 is 0. The first-order chi connectivity index (χ1) is 7.54. The minimum Gasteiger partial charge on any atom is -0.311 e. The van der Waals surface area contributed by atoms with E-state index in [1.165, 1.54) is 0 Å². The van der Waals surface area contributed by atoms with Crippen molar-refractivity contribution in [2.24, 2.45) is 5.92 Å². The summed E-state index contributed by atoms with van der Waals surface area (Å²) in [5.74, 6) is 2.28. The van der Waals surface area contributed by atoms with Gasteiger partial charge in [-0.3, -0.25) is 9.11 Å². The molecular weight excluding hydrogens is 220 g/mol. The summed E-state index contributed by atoms with van der Waals surface area (Å²) in [7, 11) is -0.628. The molecular formula is C12H26N2OS. The van der Waals surface area contributed by atoms with E-state index in [-0.39, 0.29) is 0 Å². The van der Waals surface area contributed by atoms with Crippen molar-refractivity contribution >= 4 is 10.8 Å². The Bertz CT molecular complexity index is 233. The number of hydrogen-bond acceptors (Lipinski definition) is 3. The average Bonchev–Trinajstić information content (AvgIpc) is 2.27. The van der Waals surface area contributed by atoms with Crippen LogP contribution in [0.2, 0.25) is 0 Å². The maximum absolute atomic E-state index is 11.4. The van der Waals surface area contributed by atoms with E-state index >= 15 is 0 Å². The highest BCUT2D eigenvalue weighted by Gasteiger charge is 2.26. The smallest absolute Gasteiger partial charge is 0.0362 e. The predicted molar refractivity (Wildman–Crippen MR) is 71.2 cm³/mol. The van der Waals surface area contributed by atoms with Crippen LogP contribution in [0.1, 0.15) is 27.7 Å². The third-order valence-corrected chi connectivity index (χ3v) is 4.74. The van der Waals surface area contributed by atoms with Crippen molar-refractivity contribution in [2.45, 2.75) is 39.8 Å². The molecule has 1 heterocycles. The molecule has 0 aromatic rings. The van der Waals surface area contributed by atoms with Crippen LogP contribution >= 0.6 is 0 Å². The van der Waals surface area contributed by atoms with Gasteiger partial charge in [0.1, 0.15) is 0 Å². The lowest BCUT2D eigenvalue weighted by Gasteiger charge is -2.40. The maximum Gasteiger partial charge on any atom is 0.0362 e. The van der Waals surface area contributed by atoms with Crippen LogP contribution in [-0.2, 0) is 10.8 Å². The number of rotatable bonds is 5. The molecule has 0 amide bonds. The summed E-state index contributed by atoms with van der Waals surface area (Å²) in [5.41, 5.74) is 0. The molecule has 4 heteroatoms. The van der Waals surface area contributed by atoms with Crippen molar-refractivity contribution in [1.29, 1.82) is 0 Å². The second-order valence-corrected chi connectivity index (χ2v) is 6.90. The fourth-order valence-electron chi connectivity index (χ4n) is 2.07. The van der Waals surface area contributed by atoms with Crippen molar-refractivity contribution < 1.29 is 4.21 Å². The van der Waals surface area contributed by atoms with Crippen LogP contribution in [0.3, 0.4) is 0 Å². The third-order valence-electron chi connectivity index (χ3n) is 3.46. The SMILES string of the molecule is CCS(=O)CCN1CC(C(C)C)NCC1C. The monoisotopic (exact) mass is 246 g/mol. The Kier molecular flexibility index (Phi) is 5.94. The number of nitrogens with zero attached hydrogens (tertiary/aromatic N) is 1. The minimum atomic E-state index is -0.628. The quantitative estimate of drug-likeness (QED) is 0.788. The molecule has 1 N–H and O–H groups in total. The van der Waals surface area contributed by atoms with Gasteiger partial charge in [-0.1, -0.05) is 20.8 Å². The van der Waals surface area contributed by atoms with Crippen molar-refractivity contribution in [3.63, 3.8) is 0 Å². The highest BCUT2D eigenvalue weighted by atomic mass is 32.2. The zero-order chi connectivity index (χ0) is 12.1. The number of nitrogens with one attached hydrogen (secondary N) is 1. The van der Waals surface area contributed by atoms with Crippen LogP contribution in [-0.4, -0.2) is 52.3 Å². The Morgan fingerprint density at radius 3 is 2.75 bits per heavy atom. The molecule has 3 nitrogen and oxygen atoms in total. The van der Waals surface area contributed by atoms with E-state index in [1.807, 2.05) is 6.92 Å². The summed E-state index contributed by atoms with van der Waals surface area (Å²) < 4.78 is 11.4. The van der Waals surface area contributed by atoms with Gasteiger partial charge in [0.2, 0.25) is 0 Å². The van der Waals surface area contributed by atoms with E-state index in [9.17, 15) is 4.21 Å². The molecule has 1 rings (SSSR count). The van der Waals surface area contributed by atoms with Crippen LogP contribution < -0.4 is 5.32 Å². The molecule has 1 fully saturated rings. The maximum atomic E-state index is 11.4. The van der Waals surface area contributed by atoms with Crippen molar-refractivity contribution in [1.82, 2.24) is 10.2 Å². The van der Waals surface area contributed by atoms with Gasteiger partial charge < -0.3 is 5.32 Å². The van der Waals surface area contributed by atoms with Gasteiger partial charge in [0.25, 0.3) is 0 Å². The van der Waals surface area contributed by atoms with E-state index in [2.05, 4.69) is 31.0 Å². The van der Waals surface area contributed by atoms with E-state index in [0.29, 0.717) is 18.0 Å². The van der Waals surface area contributed by atoms with Gasteiger partial charge in [-0.05, 0) is 12.8 Å². The Balaban J connectivity index is 2.40. The van der Waals surface area contributed by atoms with Gasteiger partial charge in [-0.15, -0.1) is 0 Å². The van der Waals surface area contributed by atoms with E-state index in [1.54, 1.807) is 0 Å². The molecule has 0 aliphatic carbocycles. The van der Waals surface area contributed by atoms with Gasteiger partial charge in [-0.2, -0.15) is 0 Å². The van der Waals surface area contributed by atoms with Crippen LogP contribution in [0.15, 0.2) is 0 Å². The fraction of sp³-hybridized carbons (Fsp3) is 1.00. The molecule has 0 radical (unpaired) electrons. The van der Waals surface area contributed by atoms with Crippen LogP contribution in [0, 0.1) is 5.92 Å². The zero-order valence-electron chi connectivity index (χ0n) is 11.0. The molecule has 1 aliphatic heterocycles. The van der Waals surface area contributed by atoms with Crippen LogP contribution in [0.25, 0.3) is 0 Å². The van der Waals surface area contributed by atoms with Gasteiger partial charge in [0, 0.05) is 54.0 Å². The van der Waals surface area contributed by atoms with E-state index in [0.717, 1.165) is 31.1 Å². The molecule has 1 saturated heterocycles. The molecule has 3 atom stereocenters. The molecule has 0 spiro atoms. The summed E-state index contributed by atoms with van der Waals surface area (Å²) in [4.78, 5) is 2.48. The second kappa shape index (κ2) is 6.72. The van der Waals surface area contributed by atoms with Gasteiger partial charge in [-0.25, -0.2) is 0 Å². The highest BCUT2D eigenvalue weighted by molar-refractivity contribution is 7.84. The first-order valence-corrected chi connectivity index (χ1v) is 7.85. The molecule has 0 bridgehead atoms. The standard InChI is InChI=1S/C12H26N2OS/c1-5-16(15)7-6-14-9-12(10(2)3)13-8-11(14)4/h10-13H,5-9H2,1-4H3. The fourth-order valence-corrected chi connectivity index (χ4v) is 2.80.